The second kappa shape index (κ2) is 9.23. The molecule has 26 heavy (non-hydrogen) atoms. The van der Waals surface area contributed by atoms with Crippen molar-refractivity contribution in [1.82, 2.24) is 0 Å². The van der Waals surface area contributed by atoms with Crippen molar-refractivity contribution in [2.75, 3.05) is 7.11 Å². The standard InChI is InChI=1S/C22H42O3Si/c1-7-26(8-2,9-3)25-20-11-10-16-22(5)18(13-14-19(20)22)17(4)12-15-21(23)24-6/h17-20H,7-16H2,1-6H3/t17-,18-,19+,20+,22-/m1/s1. The van der Waals surface area contributed by atoms with Crippen LogP contribution in [0.25, 0.3) is 0 Å². The molecule has 0 aromatic carbocycles. The number of carbonyl (C=O) groups is 1. The lowest BCUT2D eigenvalue weighted by molar-refractivity contribution is -0.141. The summed E-state index contributed by atoms with van der Waals surface area (Å²) in [5.41, 5.74) is 0.397. The zero-order valence-corrected chi connectivity index (χ0v) is 19.1. The normalized spacial score (nSPS) is 32.9. The Morgan fingerprint density at radius 2 is 1.81 bits per heavy atom. The van der Waals surface area contributed by atoms with Crippen molar-refractivity contribution in [3.8, 4) is 0 Å². The first-order valence-corrected chi connectivity index (χ1v) is 13.6. The van der Waals surface area contributed by atoms with Gasteiger partial charge in [0, 0.05) is 12.5 Å². The van der Waals surface area contributed by atoms with E-state index in [-0.39, 0.29) is 5.97 Å². The van der Waals surface area contributed by atoms with E-state index in [4.69, 9.17) is 9.16 Å². The number of methoxy groups -OCH3 is 1. The number of ether oxygens (including phenoxy) is 1. The number of rotatable bonds is 9. The van der Waals surface area contributed by atoms with Crippen LogP contribution in [-0.2, 0) is 14.0 Å². The fourth-order valence-electron chi connectivity index (χ4n) is 6.21. The summed E-state index contributed by atoms with van der Waals surface area (Å²) in [6, 6.07) is 3.75. The lowest BCUT2D eigenvalue weighted by Crippen LogP contribution is -2.48. The Balaban J connectivity index is 2.08. The molecule has 0 N–H and O–H groups in total. The van der Waals surface area contributed by atoms with Gasteiger partial charge in [0.25, 0.3) is 0 Å². The predicted octanol–water partition coefficient (Wildman–Crippen LogP) is 6.18. The summed E-state index contributed by atoms with van der Waals surface area (Å²) in [4.78, 5) is 11.6. The van der Waals surface area contributed by atoms with Gasteiger partial charge in [-0.15, -0.1) is 0 Å². The first-order chi connectivity index (χ1) is 12.4. The van der Waals surface area contributed by atoms with Crippen molar-refractivity contribution in [1.29, 1.82) is 0 Å². The summed E-state index contributed by atoms with van der Waals surface area (Å²) in [7, 11) is -0.0487. The zero-order chi connectivity index (χ0) is 19.4. The molecule has 3 nitrogen and oxygen atoms in total. The molecule has 0 spiro atoms. The maximum atomic E-state index is 11.6. The molecule has 2 aliphatic rings. The zero-order valence-electron chi connectivity index (χ0n) is 18.1. The smallest absolute Gasteiger partial charge is 0.305 e. The van der Waals surface area contributed by atoms with E-state index >= 15 is 0 Å². The van der Waals surface area contributed by atoms with Gasteiger partial charge in [0.2, 0.25) is 0 Å². The van der Waals surface area contributed by atoms with E-state index in [1.54, 1.807) is 0 Å². The molecule has 152 valence electrons. The second-order valence-corrected chi connectivity index (χ2v) is 13.9. The third-order valence-corrected chi connectivity index (χ3v) is 12.9. The Bertz CT molecular complexity index is 454. The van der Waals surface area contributed by atoms with Gasteiger partial charge < -0.3 is 9.16 Å². The molecule has 0 aliphatic heterocycles. The lowest BCUT2D eigenvalue weighted by Gasteiger charge is -2.49. The van der Waals surface area contributed by atoms with E-state index in [2.05, 4.69) is 34.6 Å². The largest absolute Gasteiger partial charge is 0.469 e. The van der Waals surface area contributed by atoms with E-state index in [0.717, 1.165) is 18.3 Å². The quantitative estimate of drug-likeness (QED) is 0.353. The minimum Gasteiger partial charge on any atom is -0.469 e. The van der Waals surface area contributed by atoms with Gasteiger partial charge in [0.15, 0.2) is 8.32 Å². The van der Waals surface area contributed by atoms with Crippen LogP contribution in [0.1, 0.15) is 79.6 Å². The van der Waals surface area contributed by atoms with E-state index < -0.39 is 8.32 Å². The maximum absolute atomic E-state index is 11.6. The summed E-state index contributed by atoms with van der Waals surface area (Å²) in [6.07, 6.45) is 8.53. The molecule has 2 saturated carbocycles. The summed E-state index contributed by atoms with van der Waals surface area (Å²) < 4.78 is 11.9. The van der Waals surface area contributed by atoms with E-state index in [1.807, 2.05) is 0 Å². The molecule has 2 fully saturated rings. The average molecular weight is 383 g/mol. The molecule has 0 bridgehead atoms. The number of fused-ring (bicyclic) bond motifs is 1. The van der Waals surface area contributed by atoms with Gasteiger partial charge in [-0.05, 0) is 73.4 Å². The molecule has 0 unspecified atom stereocenters. The van der Waals surface area contributed by atoms with Crippen molar-refractivity contribution < 1.29 is 14.0 Å². The third kappa shape index (κ3) is 4.38. The van der Waals surface area contributed by atoms with E-state index in [1.165, 1.54) is 57.3 Å². The minimum absolute atomic E-state index is 0.0639. The van der Waals surface area contributed by atoms with Crippen molar-refractivity contribution in [3.05, 3.63) is 0 Å². The van der Waals surface area contributed by atoms with Gasteiger partial charge in [-0.1, -0.05) is 41.0 Å². The van der Waals surface area contributed by atoms with Gasteiger partial charge in [0.05, 0.1) is 7.11 Å². The van der Waals surface area contributed by atoms with Gasteiger partial charge in [-0.2, -0.15) is 0 Å². The highest BCUT2D eigenvalue weighted by atomic mass is 28.4. The van der Waals surface area contributed by atoms with E-state index in [9.17, 15) is 4.79 Å². The molecular formula is C22H42O3Si. The van der Waals surface area contributed by atoms with Gasteiger partial charge in [0.1, 0.15) is 0 Å². The second-order valence-electron chi connectivity index (χ2n) is 9.18. The van der Waals surface area contributed by atoms with Crippen molar-refractivity contribution in [2.45, 2.75) is 104 Å². The molecule has 2 aliphatic carbocycles. The Kier molecular flexibility index (Phi) is 7.79. The van der Waals surface area contributed by atoms with Crippen molar-refractivity contribution >= 4 is 14.3 Å². The van der Waals surface area contributed by atoms with Crippen LogP contribution in [0.2, 0.25) is 18.1 Å². The Morgan fingerprint density at radius 3 is 2.38 bits per heavy atom. The van der Waals surface area contributed by atoms with Crippen LogP contribution in [0.3, 0.4) is 0 Å². The van der Waals surface area contributed by atoms with Crippen molar-refractivity contribution in [3.63, 3.8) is 0 Å². The van der Waals surface area contributed by atoms with Crippen LogP contribution in [0.15, 0.2) is 0 Å². The van der Waals surface area contributed by atoms with Crippen LogP contribution in [0, 0.1) is 23.2 Å². The Hall–Kier alpha value is -0.353. The molecule has 0 aromatic heterocycles. The molecule has 2 rings (SSSR count). The highest BCUT2D eigenvalue weighted by Crippen LogP contribution is 2.59. The number of carbonyl (C=O) groups excluding carboxylic acids is 1. The van der Waals surface area contributed by atoms with Gasteiger partial charge in [-0.25, -0.2) is 0 Å². The highest BCUT2D eigenvalue weighted by molar-refractivity contribution is 6.73. The summed E-state index contributed by atoms with van der Waals surface area (Å²) in [5.74, 6) is 1.97. The predicted molar refractivity (Wildman–Crippen MR) is 111 cm³/mol. The van der Waals surface area contributed by atoms with Crippen molar-refractivity contribution in [2.24, 2.45) is 23.2 Å². The Labute approximate surface area is 162 Å². The van der Waals surface area contributed by atoms with Crippen LogP contribution in [-0.4, -0.2) is 27.5 Å². The topological polar surface area (TPSA) is 35.5 Å². The molecule has 0 radical (unpaired) electrons. The fourth-order valence-corrected chi connectivity index (χ4v) is 9.13. The third-order valence-electron chi connectivity index (χ3n) is 8.19. The SMILES string of the molecule is CC[Si](CC)(CC)O[C@H]1CCC[C@]2(C)[C@@H]([C@H](C)CCC(=O)OC)CC[C@@H]12. The average Bonchev–Trinajstić information content (AvgIpc) is 3.01. The molecule has 0 saturated heterocycles. The lowest BCUT2D eigenvalue weighted by atomic mass is 9.61. The van der Waals surface area contributed by atoms with E-state index in [0.29, 0.717) is 23.9 Å². The van der Waals surface area contributed by atoms with Gasteiger partial charge >= 0.3 is 5.97 Å². The first-order valence-electron chi connectivity index (χ1n) is 11.1. The van der Waals surface area contributed by atoms with Crippen LogP contribution in [0.5, 0.6) is 0 Å². The van der Waals surface area contributed by atoms with Gasteiger partial charge in [-0.3, -0.25) is 4.79 Å². The molecular weight excluding hydrogens is 340 g/mol. The monoisotopic (exact) mass is 382 g/mol. The minimum atomic E-state index is -1.54. The molecule has 5 atom stereocenters. The summed E-state index contributed by atoms with van der Waals surface area (Å²) >= 11 is 0. The first kappa shape index (κ1) is 21.9. The van der Waals surface area contributed by atoms with Crippen LogP contribution >= 0.6 is 0 Å². The number of hydrogen-bond donors (Lipinski definition) is 0. The molecule has 0 amide bonds. The summed E-state index contributed by atoms with van der Waals surface area (Å²) in [6.45, 7) is 11.9. The highest BCUT2D eigenvalue weighted by Gasteiger charge is 2.53. The number of esters is 1. The molecule has 0 aromatic rings. The van der Waals surface area contributed by atoms with Crippen LogP contribution in [0.4, 0.5) is 0 Å². The Morgan fingerprint density at radius 1 is 1.15 bits per heavy atom. The summed E-state index contributed by atoms with van der Waals surface area (Å²) in [5, 5.41) is 0. The number of hydrogen-bond acceptors (Lipinski definition) is 3. The molecule has 0 heterocycles. The van der Waals surface area contributed by atoms with Crippen LogP contribution < -0.4 is 0 Å². The maximum Gasteiger partial charge on any atom is 0.305 e. The molecule has 4 heteroatoms. The fraction of sp³-hybridized carbons (Fsp3) is 0.955.